The summed E-state index contributed by atoms with van der Waals surface area (Å²) in [5, 5.41) is 8.76. The lowest BCUT2D eigenvalue weighted by molar-refractivity contribution is -0.243. The van der Waals surface area contributed by atoms with E-state index in [1.807, 2.05) is 0 Å². The van der Waals surface area contributed by atoms with Gasteiger partial charge < -0.3 is 4.89 Å². The summed E-state index contributed by atoms with van der Waals surface area (Å²) in [5.41, 5.74) is -0.0225. The van der Waals surface area contributed by atoms with Crippen molar-refractivity contribution in [1.82, 2.24) is 0 Å². The molecule has 0 rings (SSSR count). The van der Waals surface area contributed by atoms with E-state index in [0.29, 0.717) is 5.92 Å². The van der Waals surface area contributed by atoms with Crippen molar-refractivity contribution in [2.45, 2.75) is 80.6 Å². The second-order valence-electron chi connectivity index (χ2n) is 8.37. The number of carbonyl (C=O) groups is 1. The molecule has 0 spiro atoms. The molecule has 0 aliphatic heterocycles. The zero-order valence-corrected chi connectivity index (χ0v) is 14.5. The van der Waals surface area contributed by atoms with Gasteiger partial charge in [0.05, 0.1) is 5.92 Å². The van der Waals surface area contributed by atoms with E-state index in [2.05, 4.69) is 53.4 Å². The standard InChI is InChI=1S/C17H34O3/c1-13(2)10-8-9-11-14(15(18)20-19)17(6,7)12-16(3,4)5/h13-14,19H,8-12H2,1-7H3. The molecular weight excluding hydrogens is 252 g/mol. The fraction of sp³-hybridized carbons (Fsp3) is 0.941. The molecule has 3 nitrogen and oxygen atoms in total. The van der Waals surface area contributed by atoms with E-state index in [1.165, 1.54) is 6.42 Å². The molecule has 120 valence electrons. The average Bonchev–Trinajstić information content (AvgIpc) is 2.23. The third-order valence-electron chi connectivity index (χ3n) is 3.83. The van der Waals surface area contributed by atoms with Crippen molar-refractivity contribution in [2.75, 3.05) is 0 Å². The zero-order valence-electron chi connectivity index (χ0n) is 14.5. The number of carbonyl (C=O) groups excluding carboxylic acids is 1. The summed E-state index contributed by atoms with van der Waals surface area (Å²) in [7, 11) is 0. The molecule has 20 heavy (non-hydrogen) atoms. The maximum atomic E-state index is 11.9. The maximum Gasteiger partial charge on any atom is 0.345 e. The van der Waals surface area contributed by atoms with Gasteiger partial charge in [-0.3, -0.25) is 0 Å². The molecule has 3 heteroatoms. The Morgan fingerprint density at radius 2 is 1.55 bits per heavy atom. The van der Waals surface area contributed by atoms with Crippen molar-refractivity contribution < 1.29 is 14.9 Å². The number of hydrogen-bond donors (Lipinski definition) is 1. The molecule has 0 heterocycles. The highest BCUT2D eigenvalue weighted by Crippen LogP contribution is 2.41. The Bertz CT molecular complexity index is 287. The molecule has 0 bridgehead atoms. The molecule has 0 saturated heterocycles. The largest absolute Gasteiger partial charge is 0.345 e. The van der Waals surface area contributed by atoms with E-state index in [9.17, 15) is 4.79 Å². The summed E-state index contributed by atoms with van der Waals surface area (Å²) in [5.74, 6) is -0.0245. The average molecular weight is 286 g/mol. The smallest absolute Gasteiger partial charge is 0.301 e. The van der Waals surface area contributed by atoms with Crippen LogP contribution in [0.1, 0.15) is 80.6 Å². The van der Waals surface area contributed by atoms with E-state index >= 15 is 0 Å². The Hall–Kier alpha value is -0.570. The summed E-state index contributed by atoms with van der Waals surface area (Å²) < 4.78 is 0. The highest BCUT2D eigenvalue weighted by Gasteiger charge is 2.38. The first-order chi connectivity index (χ1) is 8.99. The molecule has 0 radical (unpaired) electrons. The van der Waals surface area contributed by atoms with Crippen LogP contribution in [0.25, 0.3) is 0 Å². The number of hydrogen-bond acceptors (Lipinski definition) is 3. The molecule has 0 aromatic heterocycles. The van der Waals surface area contributed by atoms with Crippen LogP contribution in [0.15, 0.2) is 0 Å². The lowest BCUT2D eigenvalue weighted by Crippen LogP contribution is -2.35. The fourth-order valence-corrected chi connectivity index (χ4v) is 3.28. The Morgan fingerprint density at radius 1 is 1.05 bits per heavy atom. The SMILES string of the molecule is CC(C)CCCCC(C(=O)OO)C(C)(C)CC(C)(C)C. The van der Waals surface area contributed by atoms with Gasteiger partial charge in [0.1, 0.15) is 0 Å². The Balaban J connectivity index is 4.66. The summed E-state index contributed by atoms with van der Waals surface area (Å²) in [6.07, 6.45) is 5.02. The lowest BCUT2D eigenvalue weighted by atomic mass is 9.67. The molecule has 0 aliphatic rings. The minimum Gasteiger partial charge on any atom is -0.301 e. The van der Waals surface area contributed by atoms with Crippen molar-refractivity contribution >= 4 is 5.97 Å². The fourth-order valence-electron chi connectivity index (χ4n) is 3.28. The predicted molar refractivity (Wildman–Crippen MR) is 83.4 cm³/mol. The number of rotatable bonds is 8. The third-order valence-corrected chi connectivity index (χ3v) is 3.83. The molecule has 1 unspecified atom stereocenters. The molecule has 0 fully saturated rings. The monoisotopic (exact) mass is 286 g/mol. The molecule has 0 amide bonds. The van der Waals surface area contributed by atoms with Crippen LogP contribution in [-0.4, -0.2) is 11.2 Å². The lowest BCUT2D eigenvalue weighted by Gasteiger charge is -2.37. The molecule has 0 saturated carbocycles. The van der Waals surface area contributed by atoms with Crippen LogP contribution in [0, 0.1) is 22.7 Å². The van der Waals surface area contributed by atoms with E-state index in [-0.39, 0.29) is 16.7 Å². The van der Waals surface area contributed by atoms with Gasteiger partial charge in [-0.25, -0.2) is 4.79 Å². The summed E-state index contributed by atoms with van der Waals surface area (Å²) in [4.78, 5) is 16.0. The Labute approximate surface area is 125 Å². The molecule has 0 aromatic carbocycles. The van der Waals surface area contributed by atoms with Crippen molar-refractivity contribution in [3.8, 4) is 0 Å². The highest BCUT2D eigenvalue weighted by atomic mass is 17.1. The van der Waals surface area contributed by atoms with Crippen molar-refractivity contribution in [3.63, 3.8) is 0 Å². The van der Waals surface area contributed by atoms with Crippen molar-refractivity contribution in [1.29, 1.82) is 0 Å². The third kappa shape index (κ3) is 7.88. The van der Waals surface area contributed by atoms with Gasteiger partial charge in [-0.15, -0.1) is 0 Å². The van der Waals surface area contributed by atoms with Gasteiger partial charge in [-0.05, 0) is 29.6 Å². The van der Waals surface area contributed by atoms with Gasteiger partial charge in [0, 0.05) is 0 Å². The predicted octanol–water partition coefficient (Wildman–Crippen LogP) is 5.30. The molecule has 0 aromatic rings. The van der Waals surface area contributed by atoms with Crippen LogP contribution in [0.5, 0.6) is 0 Å². The summed E-state index contributed by atoms with van der Waals surface area (Å²) >= 11 is 0. The van der Waals surface area contributed by atoms with E-state index in [1.54, 1.807) is 0 Å². The topological polar surface area (TPSA) is 46.5 Å². The van der Waals surface area contributed by atoms with Gasteiger partial charge in [-0.1, -0.05) is 67.7 Å². The van der Waals surface area contributed by atoms with Gasteiger partial charge in [0.2, 0.25) is 0 Å². The van der Waals surface area contributed by atoms with Gasteiger partial charge in [-0.2, -0.15) is 5.26 Å². The van der Waals surface area contributed by atoms with Crippen molar-refractivity contribution in [3.05, 3.63) is 0 Å². The van der Waals surface area contributed by atoms with Crippen LogP contribution < -0.4 is 0 Å². The quantitative estimate of drug-likeness (QED) is 0.374. The van der Waals surface area contributed by atoms with Gasteiger partial charge >= 0.3 is 5.97 Å². The first-order valence-electron chi connectivity index (χ1n) is 7.85. The van der Waals surface area contributed by atoms with Crippen LogP contribution in [0.4, 0.5) is 0 Å². The first kappa shape index (κ1) is 19.4. The van der Waals surface area contributed by atoms with Crippen LogP contribution in [0.3, 0.4) is 0 Å². The Kier molecular flexibility index (Phi) is 7.79. The second kappa shape index (κ2) is 8.02. The molecule has 0 aliphatic carbocycles. The molecular formula is C17H34O3. The van der Waals surface area contributed by atoms with E-state index in [0.717, 1.165) is 25.7 Å². The number of unbranched alkanes of at least 4 members (excludes halogenated alkanes) is 1. The molecule has 1 atom stereocenters. The van der Waals surface area contributed by atoms with E-state index in [4.69, 9.17) is 5.26 Å². The zero-order chi connectivity index (χ0) is 16.0. The maximum absolute atomic E-state index is 11.9. The van der Waals surface area contributed by atoms with Gasteiger partial charge in [0.15, 0.2) is 0 Å². The minimum atomic E-state index is -0.483. The second-order valence-corrected chi connectivity index (χ2v) is 8.37. The van der Waals surface area contributed by atoms with Crippen molar-refractivity contribution in [2.24, 2.45) is 22.7 Å². The van der Waals surface area contributed by atoms with Gasteiger partial charge in [0.25, 0.3) is 0 Å². The van der Waals surface area contributed by atoms with Crippen LogP contribution >= 0.6 is 0 Å². The van der Waals surface area contributed by atoms with Crippen LogP contribution in [0.2, 0.25) is 0 Å². The first-order valence-corrected chi connectivity index (χ1v) is 7.85. The summed E-state index contributed by atoms with van der Waals surface area (Å²) in [6.45, 7) is 15.1. The minimum absolute atomic E-state index is 0.148. The highest BCUT2D eigenvalue weighted by molar-refractivity contribution is 5.72. The Morgan fingerprint density at radius 3 is 1.95 bits per heavy atom. The normalized spacial score (nSPS) is 14.4. The van der Waals surface area contributed by atoms with E-state index < -0.39 is 5.97 Å². The summed E-state index contributed by atoms with van der Waals surface area (Å²) in [6, 6.07) is 0. The van der Waals surface area contributed by atoms with Crippen LogP contribution in [-0.2, 0) is 9.68 Å². The molecule has 1 N–H and O–H groups in total.